The highest BCUT2D eigenvalue weighted by molar-refractivity contribution is 5.93. The molecule has 24 heavy (non-hydrogen) atoms. The Labute approximate surface area is 145 Å². The normalized spacial score (nSPS) is 25.5. The zero-order valence-electron chi connectivity index (χ0n) is 14.5. The van der Waals surface area contributed by atoms with Crippen molar-refractivity contribution in [3.8, 4) is 0 Å². The second-order valence-electron chi connectivity index (χ2n) is 6.89. The average Bonchev–Trinajstić information content (AvgIpc) is 2.67. The van der Waals surface area contributed by atoms with E-state index < -0.39 is 0 Å². The summed E-state index contributed by atoms with van der Waals surface area (Å²) in [5.41, 5.74) is 6.96. The van der Waals surface area contributed by atoms with E-state index in [-0.39, 0.29) is 0 Å². The van der Waals surface area contributed by atoms with E-state index in [0.717, 1.165) is 51.0 Å². The van der Waals surface area contributed by atoms with Crippen molar-refractivity contribution in [2.75, 3.05) is 44.7 Å². The van der Waals surface area contributed by atoms with Gasteiger partial charge in [0.1, 0.15) is 0 Å². The van der Waals surface area contributed by atoms with Gasteiger partial charge in [0.15, 0.2) is 5.96 Å². The summed E-state index contributed by atoms with van der Waals surface area (Å²) in [6, 6.07) is 10.3. The van der Waals surface area contributed by atoms with Gasteiger partial charge in [-0.1, -0.05) is 24.6 Å². The molecule has 1 saturated carbocycles. The molecule has 3 N–H and O–H groups in total. The Balaban J connectivity index is 1.66. The molecule has 0 aromatic heterocycles. The molecule has 0 spiro atoms. The van der Waals surface area contributed by atoms with Gasteiger partial charge in [0.25, 0.3) is 0 Å². The van der Waals surface area contributed by atoms with Gasteiger partial charge in [0.05, 0.1) is 13.2 Å². The molecule has 1 heterocycles. The van der Waals surface area contributed by atoms with Crippen LogP contribution < -0.4 is 11.1 Å². The molecule has 1 aliphatic carbocycles. The number of hydrogen-bond acceptors (Lipinski definition) is 3. The highest BCUT2D eigenvalue weighted by Crippen LogP contribution is 2.28. The van der Waals surface area contributed by atoms with Crippen LogP contribution in [0.4, 0.5) is 5.69 Å². The number of ether oxygens (including phenoxy) is 1. The largest absolute Gasteiger partial charge is 0.378 e. The van der Waals surface area contributed by atoms with Crippen molar-refractivity contribution in [3.63, 3.8) is 0 Å². The molecule has 2 aliphatic rings. The van der Waals surface area contributed by atoms with E-state index in [0.29, 0.717) is 11.8 Å². The van der Waals surface area contributed by atoms with Crippen LogP contribution >= 0.6 is 0 Å². The molecule has 2 fully saturated rings. The number of rotatable bonds is 4. The van der Waals surface area contributed by atoms with Crippen molar-refractivity contribution in [2.45, 2.75) is 25.7 Å². The molecule has 132 valence electrons. The smallest absolute Gasteiger partial charge is 0.198 e. The summed E-state index contributed by atoms with van der Waals surface area (Å²) in [6.45, 7) is 5.05. The molecule has 1 saturated heterocycles. The highest BCUT2D eigenvalue weighted by atomic mass is 16.5. The number of hydrogen-bond donors (Lipinski definition) is 2. The van der Waals surface area contributed by atoms with Crippen LogP contribution in [0.25, 0.3) is 0 Å². The molecule has 2 unspecified atom stereocenters. The van der Waals surface area contributed by atoms with Gasteiger partial charge in [-0.2, -0.15) is 0 Å². The molecule has 1 aromatic carbocycles. The number of morpholine rings is 1. The molecule has 3 rings (SSSR count). The number of nitrogens with zero attached hydrogens (tertiary/aromatic N) is 2. The van der Waals surface area contributed by atoms with Gasteiger partial charge in [-0.15, -0.1) is 0 Å². The molecular formula is C19H30N4O. The van der Waals surface area contributed by atoms with Gasteiger partial charge in [-0.3, -0.25) is 4.99 Å². The summed E-state index contributed by atoms with van der Waals surface area (Å²) in [4.78, 5) is 7.28. The fraction of sp³-hybridized carbons (Fsp3) is 0.632. The Morgan fingerprint density at radius 3 is 2.67 bits per heavy atom. The Hall–Kier alpha value is -1.59. The van der Waals surface area contributed by atoms with Gasteiger partial charge < -0.3 is 20.7 Å². The zero-order valence-corrected chi connectivity index (χ0v) is 14.5. The van der Waals surface area contributed by atoms with Crippen molar-refractivity contribution >= 4 is 11.6 Å². The van der Waals surface area contributed by atoms with Gasteiger partial charge in [-0.25, -0.2) is 0 Å². The fourth-order valence-electron chi connectivity index (χ4n) is 3.64. The van der Waals surface area contributed by atoms with Crippen LogP contribution in [0.15, 0.2) is 35.3 Å². The maximum absolute atomic E-state index is 5.87. The van der Waals surface area contributed by atoms with Crippen LogP contribution in [0.5, 0.6) is 0 Å². The molecule has 2 atom stereocenters. The van der Waals surface area contributed by atoms with Gasteiger partial charge in [-0.05, 0) is 49.8 Å². The molecule has 0 bridgehead atoms. The molecular weight excluding hydrogens is 300 g/mol. The third-order valence-electron chi connectivity index (χ3n) is 5.06. The first kappa shape index (κ1) is 17.2. The van der Waals surface area contributed by atoms with Crippen molar-refractivity contribution in [1.29, 1.82) is 0 Å². The number of benzene rings is 1. The lowest BCUT2D eigenvalue weighted by molar-refractivity contribution is 0.0678. The van der Waals surface area contributed by atoms with Crippen LogP contribution in [-0.2, 0) is 4.74 Å². The Morgan fingerprint density at radius 2 is 1.92 bits per heavy atom. The topological polar surface area (TPSA) is 62.9 Å². The van der Waals surface area contributed by atoms with Gasteiger partial charge in [0.2, 0.25) is 0 Å². The number of nitrogens with one attached hydrogen (secondary N) is 1. The van der Waals surface area contributed by atoms with Gasteiger partial charge >= 0.3 is 0 Å². The first-order valence-corrected chi connectivity index (χ1v) is 9.24. The van der Waals surface area contributed by atoms with E-state index in [4.69, 9.17) is 15.5 Å². The SMILES string of the molecule is NCC1CCCC(CN=C(Nc2ccccc2)N2CCOCC2)C1. The van der Waals surface area contributed by atoms with Crippen molar-refractivity contribution in [3.05, 3.63) is 30.3 Å². The molecule has 1 aromatic rings. The quantitative estimate of drug-likeness (QED) is 0.658. The lowest BCUT2D eigenvalue weighted by Gasteiger charge is -2.31. The second kappa shape index (κ2) is 9.04. The molecule has 0 amide bonds. The van der Waals surface area contributed by atoms with Crippen LogP contribution in [0.3, 0.4) is 0 Å². The number of para-hydroxylation sites is 1. The molecule has 1 aliphatic heterocycles. The van der Waals surface area contributed by atoms with Crippen LogP contribution in [0.2, 0.25) is 0 Å². The Morgan fingerprint density at radius 1 is 1.17 bits per heavy atom. The minimum Gasteiger partial charge on any atom is -0.378 e. The summed E-state index contributed by atoms with van der Waals surface area (Å²) in [7, 11) is 0. The van der Waals surface area contributed by atoms with E-state index in [1.807, 2.05) is 18.2 Å². The standard InChI is InChI=1S/C19H30N4O/c20-14-16-5-4-6-17(13-16)15-21-19(23-9-11-24-12-10-23)22-18-7-2-1-3-8-18/h1-3,7-8,16-17H,4-6,9-15,20H2,(H,21,22). The van der Waals surface area contributed by atoms with Crippen molar-refractivity contribution in [1.82, 2.24) is 4.90 Å². The summed E-state index contributed by atoms with van der Waals surface area (Å²) < 4.78 is 5.48. The van der Waals surface area contributed by atoms with Crippen LogP contribution in [0.1, 0.15) is 25.7 Å². The van der Waals surface area contributed by atoms with Gasteiger partial charge in [0, 0.05) is 25.3 Å². The van der Waals surface area contributed by atoms with E-state index in [9.17, 15) is 0 Å². The summed E-state index contributed by atoms with van der Waals surface area (Å²) >= 11 is 0. The van der Waals surface area contributed by atoms with E-state index >= 15 is 0 Å². The molecule has 5 heteroatoms. The molecule has 5 nitrogen and oxygen atoms in total. The number of aliphatic imine (C=N–C) groups is 1. The predicted octanol–water partition coefficient (Wildman–Crippen LogP) is 2.55. The molecule has 0 radical (unpaired) electrons. The maximum Gasteiger partial charge on any atom is 0.198 e. The average molecular weight is 330 g/mol. The van der Waals surface area contributed by atoms with E-state index in [1.54, 1.807) is 0 Å². The Bertz CT molecular complexity index is 513. The Kier molecular flexibility index (Phi) is 6.49. The highest BCUT2D eigenvalue weighted by Gasteiger charge is 2.22. The fourth-order valence-corrected chi connectivity index (χ4v) is 3.64. The maximum atomic E-state index is 5.87. The predicted molar refractivity (Wildman–Crippen MR) is 99.3 cm³/mol. The summed E-state index contributed by atoms with van der Waals surface area (Å²) in [5.74, 6) is 2.34. The van der Waals surface area contributed by atoms with Crippen molar-refractivity contribution in [2.24, 2.45) is 22.6 Å². The minimum absolute atomic E-state index is 0.668. The zero-order chi connectivity index (χ0) is 16.6. The monoisotopic (exact) mass is 330 g/mol. The lowest BCUT2D eigenvalue weighted by atomic mass is 9.81. The second-order valence-corrected chi connectivity index (χ2v) is 6.89. The van der Waals surface area contributed by atoms with E-state index in [2.05, 4.69) is 22.3 Å². The van der Waals surface area contributed by atoms with Crippen LogP contribution in [0, 0.1) is 11.8 Å². The third-order valence-corrected chi connectivity index (χ3v) is 5.06. The first-order chi connectivity index (χ1) is 11.8. The lowest BCUT2D eigenvalue weighted by Crippen LogP contribution is -2.44. The number of nitrogens with two attached hydrogens (primary N) is 1. The minimum atomic E-state index is 0.668. The third kappa shape index (κ3) is 4.95. The summed E-state index contributed by atoms with van der Waals surface area (Å²) in [5, 5.41) is 3.51. The summed E-state index contributed by atoms with van der Waals surface area (Å²) in [6.07, 6.45) is 5.08. The van der Waals surface area contributed by atoms with Crippen LogP contribution in [-0.4, -0.2) is 50.3 Å². The van der Waals surface area contributed by atoms with E-state index in [1.165, 1.54) is 25.7 Å². The first-order valence-electron chi connectivity index (χ1n) is 9.24. The van der Waals surface area contributed by atoms with Crippen molar-refractivity contribution < 1.29 is 4.74 Å². The number of guanidine groups is 1. The number of anilines is 1.